The van der Waals surface area contributed by atoms with E-state index in [1.165, 1.54) is 18.2 Å². The molecule has 0 fully saturated rings. The summed E-state index contributed by atoms with van der Waals surface area (Å²) in [6.07, 6.45) is 0. The highest BCUT2D eigenvalue weighted by molar-refractivity contribution is 6.31. The van der Waals surface area contributed by atoms with Crippen molar-refractivity contribution in [2.24, 2.45) is 0 Å². The number of nitrogens with one attached hydrogen (secondary N) is 1. The van der Waals surface area contributed by atoms with E-state index in [4.69, 9.17) is 11.6 Å². The van der Waals surface area contributed by atoms with Crippen LogP contribution in [0.3, 0.4) is 0 Å². The number of rotatable bonds is 4. The first kappa shape index (κ1) is 14.9. The van der Waals surface area contributed by atoms with Crippen LogP contribution in [0.25, 0.3) is 0 Å². The SMILES string of the molecule is Cc1cccc(CNC(=O)c2cc(Cl)ccc2[N+](=O)[O-])n1. The van der Waals surface area contributed by atoms with Crippen LogP contribution in [-0.4, -0.2) is 15.8 Å². The number of aromatic nitrogens is 1. The fourth-order valence-electron chi connectivity index (χ4n) is 1.81. The van der Waals surface area contributed by atoms with Crippen molar-refractivity contribution in [3.63, 3.8) is 0 Å². The van der Waals surface area contributed by atoms with Crippen LogP contribution in [0.4, 0.5) is 5.69 Å². The molecule has 0 saturated heterocycles. The molecule has 0 atom stereocenters. The third-order valence-corrected chi connectivity index (χ3v) is 3.01. The summed E-state index contributed by atoms with van der Waals surface area (Å²) >= 11 is 5.79. The molecule has 108 valence electrons. The van der Waals surface area contributed by atoms with Crippen molar-refractivity contribution in [3.05, 3.63) is 68.5 Å². The molecule has 2 aromatic rings. The molecule has 7 heteroatoms. The summed E-state index contributed by atoms with van der Waals surface area (Å²) in [5.41, 5.74) is 1.15. The fourth-order valence-corrected chi connectivity index (χ4v) is 1.99. The Balaban J connectivity index is 2.17. The summed E-state index contributed by atoms with van der Waals surface area (Å²) in [6, 6.07) is 9.29. The number of hydrogen-bond donors (Lipinski definition) is 1. The minimum atomic E-state index is -0.615. The normalized spacial score (nSPS) is 10.2. The zero-order valence-electron chi connectivity index (χ0n) is 11.2. The summed E-state index contributed by atoms with van der Waals surface area (Å²) in [5.74, 6) is -0.562. The summed E-state index contributed by atoms with van der Waals surface area (Å²) in [6.45, 7) is 2.03. The number of carbonyl (C=O) groups excluding carboxylic acids is 1. The summed E-state index contributed by atoms with van der Waals surface area (Å²) in [4.78, 5) is 26.6. The van der Waals surface area contributed by atoms with Crippen molar-refractivity contribution in [1.29, 1.82) is 0 Å². The van der Waals surface area contributed by atoms with Gasteiger partial charge in [-0.2, -0.15) is 0 Å². The van der Waals surface area contributed by atoms with Crippen LogP contribution in [-0.2, 0) is 6.54 Å². The van der Waals surface area contributed by atoms with Gasteiger partial charge < -0.3 is 5.32 Å². The molecule has 0 spiro atoms. The molecule has 1 aromatic carbocycles. The highest BCUT2D eigenvalue weighted by Gasteiger charge is 2.20. The van der Waals surface area contributed by atoms with Crippen LogP contribution in [0.1, 0.15) is 21.7 Å². The number of pyridine rings is 1. The van der Waals surface area contributed by atoms with Gasteiger partial charge in [-0.1, -0.05) is 17.7 Å². The largest absolute Gasteiger partial charge is 0.346 e. The fraction of sp³-hybridized carbons (Fsp3) is 0.143. The van der Waals surface area contributed by atoms with Gasteiger partial charge in [0.15, 0.2) is 0 Å². The van der Waals surface area contributed by atoms with Crippen LogP contribution in [0.15, 0.2) is 36.4 Å². The molecule has 21 heavy (non-hydrogen) atoms. The zero-order chi connectivity index (χ0) is 15.4. The summed E-state index contributed by atoms with van der Waals surface area (Å²) in [7, 11) is 0. The minimum Gasteiger partial charge on any atom is -0.346 e. The first-order chi connectivity index (χ1) is 9.97. The molecule has 1 N–H and O–H groups in total. The standard InChI is InChI=1S/C14H12ClN3O3/c1-9-3-2-4-11(17-9)8-16-14(19)12-7-10(15)5-6-13(12)18(20)21/h2-7H,8H2,1H3,(H,16,19). The van der Waals surface area contributed by atoms with E-state index in [1.807, 2.05) is 19.1 Å². The molecule has 0 aliphatic rings. The molecule has 1 aromatic heterocycles. The average molecular weight is 306 g/mol. The molecule has 2 rings (SSSR count). The highest BCUT2D eigenvalue weighted by atomic mass is 35.5. The number of amides is 1. The molecule has 0 aliphatic carbocycles. The Morgan fingerprint density at radius 2 is 2.14 bits per heavy atom. The molecule has 0 saturated carbocycles. The number of nitrogens with zero attached hydrogens (tertiary/aromatic N) is 2. The number of nitro groups is 1. The van der Waals surface area contributed by atoms with Crippen LogP contribution in [0, 0.1) is 17.0 Å². The summed E-state index contributed by atoms with van der Waals surface area (Å²) < 4.78 is 0. The van der Waals surface area contributed by atoms with Gasteiger partial charge in [-0.25, -0.2) is 0 Å². The predicted molar refractivity (Wildman–Crippen MR) is 78.3 cm³/mol. The number of benzene rings is 1. The van der Waals surface area contributed by atoms with Gasteiger partial charge in [0.2, 0.25) is 0 Å². The van der Waals surface area contributed by atoms with E-state index in [-0.39, 0.29) is 22.8 Å². The summed E-state index contributed by atoms with van der Waals surface area (Å²) in [5, 5.41) is 13.8. The lowest BCUT2D eigenvalue weighted by atomic mass is 10.1. The predicted octanol–water partition coefficient (Wildman–Crippen LogP) is 2.88. The van der Waals surface area contributed by atoms with E-state index in [1.54, 1.807) is 6.07 Å². The van der Waals surface area contributed by atoms with Crippen molar-refractivity contribution in [1.82, 2.24) is 10.3 Å². The van der Waals surface area contributed by atoms with Gasteiger partial charge in [0.1, 0.15) is 5.56 Å². The molecule has 1 amide bonds. The van der Waals surface area contributed by atoms with E-state index >= 15 is 0 Å². The number of aryl methyl sites for hydroxylation is 1. The lowest BCUT2D eigenvalue weighted by molar-refractivity contribution is -0.385. The number of hydrogen-bond acceptors (Lipinski definition) is 4. The van der Waals surface area contributed by atoms with Gasteiger partial charge in [0.25, 0.3) is 11.6 Å². The molecule has 0 bridgehead atoms. The second-order valence-electron chi connectivity index (χ2n) is 4.37. The maximum Gasteiger partial charge on any atom is 0.282 e. The Hall–Kier alpha value is -2.47. The maximum atomic E-state index is 12.1. The number of nitro benzene ring substituents is 1. The highest BCUT2D eigenvalue weighted by Crippen LogP contribution is 2.22. The van der Waals surface area contributed by atoms with E-state index in [9.17, 15) is 14.9 Å². The maximum absolute atomic E-state index is 12.1. The topological polar surface area (TPSA) is 85.1 Å². The molecule has 0 unspecified atom stereocenters. The van der Waals surface area contributed by atoms with Crippen molar-refractivity contribution >= 4 is 23.2 Å². The first-order valence-electron chi connectivity index (χ1n) is 6.12. The van der Waals surface area contributed by atoms with Gasteiger partial charge in [-0.15, -0.1) is 0 Å². The van der Waals surface area contributed by atoms with Crippen molar-refractivity contribution < 1.29 is 9.72 Å². The minimum absolute atomic E-state index is 0.0693. The van der Waals surface area contributed by atoms with E-state index in [2.05, 4.69) is 10.3 Å². The lowest BCUT2D eigenvalue weighted by Crippen LogP contribution is -2.24. The Kier molecular flexibility index (Phi) is 4.49. The van der Waals surface area contributed by atoms with Crippen molar-refractivity contribution in [3.8, 4) is 0 Å². The Labute approximate surface area is 125 Å². The molecule has 6 nitrogen and oxygen atoms in total. The first-order valence-corrected chi connectivity index (χ1v) is 6.50. The lowest BCUT2D eigenvalue weighted by Gasteiger charge is -2.06. The number of carbonyl (C=O) groups is 1. The van der Waals surface area contributed by atoms with Crippen LogP contribution in [0.5, 0.6) is 0 Å². The van der Waals surface area contributed by atoms with Gasteiger partial charge in [0, 0.05) is 16.8 Å². The van der Waals surface area contributed by atoms with Gasteiger partial charge in [-0.3, -0.25) is 19.9 Å². The Morgan fingerprint density at radius 1 is 1.38 bits per heavy atom. The van der Waals surface area contributed by atoms with Crippen LogP contribution < -0.4 is 5.32 Å². The Morgan fingerprint density at radius 3 is 2.81 bits per heavy atom. The molecular weight excluding hydrogens is 294 g/mol. The molecule has 0 aliphatic heterocycles. The molecular formula is C14H12ClN3O3. The third-order valence-electron chi connectivity index (χ3n) is 2.78. The zero-order valence-corrected chi connectivity index (χ0v) is 11.9. The monoisotopic (exact) mass is 305 g/mol. The van der Waals surface area contributed by atoms with Crippen molar-refractivity contribution in [2.45, 2.75) is 13.5 Å². The second-order valence-corrected chi connectivity index (χ2v) is 4.81. The van der Waals surface area contributed by atoms with E-state index < -0.39 is 10.8 Å². The van der Waals surface area contributed by atoms with E-state index in [0.717, 1.165) is 5.69 Å². The second kappa shape index (κ2) is 6.32. The van der Waals surface area contributed by atoms with Crippen LogP contribution in [0.2, 0.25) is 5.02 Å². The molecule has 0 radical (unpaired) electrons. The molecule has 1 heterocycles. The average Bonchev–Trinajstić information content (AvgIpc) is 2.44. The van der Waals surface area contributed by atoms with Crippen molar-refractivity contribution in [2.75, 3.05) is 0 Å². The van der Waals surface area contributed by atoms with Crippen LogP contribution >= 0.6 is 11.6 Å². The quantitative estimate of drug-likeness (QED) is 0.695. The Bertz CT molecular complexity index is 704. The third kappa shape index (κ3) is 3.76. The van der Waals surface area contributed by atoms with Gasteiger partial charge in [0.05, 0.1) is 17.2 Å². The smallest absolute Gasteiger partial charge is 0.282 e. The number of halogens is 1. The van der Waals surface area contributed by atoms with Gasteiger partial charge >= 0.3 is 0 Å². The van der Waals surface area contributed by atoms with E-state index in [0.29, 0.717) is 5.69 Å². The van der Waals surface area contributed by atoms with Gasteiger partial charge in [-0.05, 0) is 31.2 Å².